The number of rotatable bonds is 36. The van der Waals surface area contributed by atoms with Gasteiger partial charge in [-0.05, 0) is 83.9 Å². The number of primary amides is 1. The molecule has 1 aliphatic rings. The number of fused-ring (bicyclic) bond motifs is 3. The average Bonchev–Trinajstić information content (AvgIpc) is 4.08. The minimum absolute atomic E-state index is 0.000601. The predicted molar refractivity (Wildman–Crippen MR) is 309 cm³/mol. The minimum Gasteiger partial charge on any atom is -0.445 e. The number of nitrogens with one attached hydrogen (secondary N) is 4. The number of para-hydroxylation sites is 1. The smallest absolute Gasteiger partial charge is 0.410 e. The van der Waals surface area contributed by atoms with E-state index in [9.17, 15) is 24.0 Å². The number of carbonyl (C=O) groups excluding carboxylic acids is 5. The van der Waals surface area contributed by atoms with E-state index >= 15 is 0 Å². The Kier molecular flexibility index (Phi) is 25.2. The van der Waals surface area contributed by atoms with Gasteiger partial charge in [-0.2, -0.15) is 0 Å². The number of urea groups is 1. The zero-order chi connectivity index (χ0) is 58.0. The number of ether oxygens (including phenoxy) is 5. The molecule has 81 heavy (non-hydrogen) atoms. The monoisotopic (exact) mass is 1120 g/mol. The largest absolute Gasteiger partial charge is 0.445 e. The molecule has 0 spiro atoms. The van der Waals surface area contributed by atoms with Crippen LogP contribution in [0.5, 0.6) is 0 Å². The molecule has 23 nitrogen and oxygen atoms in total. The van der Waals surface area contributed by atoms with Crippen LogP contribution < -0.4 is 32.7 Å². The van der Waals surface area contributed by atoms with E-state index in [0.29, 0.717) is 82.8 Å². The zero-order valence-electron chi connectivity index (χ0n) is 47.3. The summed E-state index contributed by atoms with van der Waals surface area (Å²) in [4.78, 5) is 79.8. The third-order valence-electron chi connectivity index (χ3n) is 14.0. The Morgan fingerprint density at radius 3 is 2.12 bits per heavy atom. The number of imidazole rings is 1. The van der Waals surface area contributed by atoms with Gasteiger partial charge in [0.25, 0.3) is 0 Å². The second kappa shape index (κ2) is 32.6. The summed E-state index contributed by atoms with van der Waals surface area (Å²) in [5.74, 6) is -0.412. The first kappa shape index (κ1) is 62.6. The summed E-state index contributed by atoms with van der Waals surface area (Å²) >= 11 is 0. The number of aryl methyl sites for hydroxylation is 1. The zero-order valence-corrected chi connectivity index (χ0v) is 47.3. The molecule has 2 heterocycles. The lowest BCUT2D eigenvalue weighted by Crippen LogP contribution is -2.54. The summed E-state index contributed by atoms with van der Waals surface area (Å²) < 4.78 is 29.9. The van der Waals surface area contributed by atoms with Gasteiger partial charge in [-0.1, -0.05) is 100 Å². The number of unbranched alkanes of at least 4 members (excludes halogenated alkanes) is 1. The lowest BCUT2D eigenvalue weighted by molar-refractivity contribution is -0.132. The number of nitrogen functional groups attached to an aromatic ring is 1. The molecule has 5 aromatic rings. The number of hydrogen-bond donors (Lipinski definition) is 6. The van der Waals surface area contributed by atoms with Gasteiger partial charge in [0.1, 0.15) is 30.0 Å². The van der Waals surface area contributed by atoms with E-state index in [2.05, 4.69) is 85.0 Å². The van der Waals surface area contributed by atoms with Crippen LogP contribution in [0.15, 0.2) is 77.9 Å². The number of benzene rings is 3. The number of carbonyl (C=O) groups is 5. The van der Waals surface area contributed by atoms with Crippen molar-refractivity contribution in [2.24, 2.45) is 22.2 Å². The van der Waals surface area contributed by atoms with E-state index < -0.39 is 41.9 Å². The van der Waals surface area contributed by atoms with Crippen molar-refractivity contribution < 1.29 is 47.7 Å². The van der Waals surface area contributed by atoms with Gasteiger partial charge in [0.15, 0.2) is 5.82 Å². The highest BCUT2D eigenvalue weighted by atomic mass is 16.6. The van der Waals surface area contributed by atoms with Crippen molar-refractivity contribution >= 4 is 63.3 Å². The molecule has 23 heteroatoms. The van der Waals surface area contributed by atoms with Gasteiger partial charge < -0.3 is 65.9 Å². The molecule has 2 aromatic heterocycles. The Morgan fingerprint density at radius 2 is 1.48 bits per heavy atom. The number of anilines is 2. The summed E-state index contributed by atoms with van der Waals surface area (Å²) in [5, 5.41) is 15.3. The second-order valence-electron chi connectivity index (χ2n) is 20.9. The summed E-state index contributed by atoms with van der Waals surface area (Å²) in [6.07, 6.45) is 6.04. The van der Waals surface area contributed by atoms with Gasteiger partial charge in [-0.15, -0.1) is 0 Å². The fourth-order valence-electron chi connectivity index (χ4n) is 9.39. The number of hydrogen-bond acceptors (Lipinski definition) is 14. The highest BCUT2D eigenvalue weighted by Gasteiger charge is 2.36. The Hall–Kier alpha value is -7.56. The van der Waals surface area contributed by atoms with Crippen molar-refractivity contribution in [3.8, 4) is 0 Å². The standard InChI is InChI=1S/C58H81N13O10/c1-5-6-14-48-67-51-52(45-11-7-8-12-46(45)65-53(51)59)71(48)37-42-17-15-41(16-18-42)36-70(39-58(4)24-10-25-58)57(76)81-38-43-19-21-44(22-20-43)64-54(73)47(13-9-26-62-56(60)75)66-55(74)50(40(2)3)68-49(72)23-28-77-30-32-79-34-35-80-33-31-78-29-27-63-69-61/h7-8,11-12,15-22,40,47,50H,5-6,9-10,13-14,23-39H2,1-4H3,(H2,59,65)(H,64,73)(H,66,74)(H,68,72)(H3,60,62,75)/t47-,50-/m0/s1. The highest BCUT2D eigenvalue weighted by Crippen LogP contribution is 2.41. The van der Waals surface area contributed by atoms with Crippen LogP contribution >= 0.6 is 0 Å². The van der Waals surface area contributed by atoms with Crippen molar-refractivity contribution in [3.63, 3.8) is 0 Å². The number of pyridine rings is 1. The van der Waals surface area contributed by atoms with Crippen molar-refractivity contribution in [2.75, 3.05) is 83.5 Å². The Balaban J connectivity index is 0.992. The maximum absolute atomic E-state index is 13.9. The lowest BCUT2D eigenvalue weighted by atomic mass is 9.70. The molecular formula is C58H81N13O10. The lowest BCUT2D eigenvalue weighted by Gasteiger charge is -2.42. The molecule has 0 aliphatic heterocycles. The molecule has 0 saturated heterocycles. The van der Waals surface area contributed by atoms with Crippen LogP contribution in [0.25, 0.3) is 32.4 Å². The molecular weight excluding hydrogens is 1040 g/mol. The summed E-state index contributed by atoms with van der Waals surface area (Å²) in [7, 11) is 0. The van der Waals surface area contributed by atoms with E-state index in [4.69, 9.17) is 45.7 Å². The van der Waals surface area contributed by atoms with Gasteiger partial charge in [-0.25, -0.2) is 19.6 Å². The van der Waals surface area contributed by atoms with E-state index in [-0.39, 0.29) is 57.1 Å². The molecule has 3 aromatic carbocycles. The molecule has 8 N–H and O–H groups in total. The van der Waals surface area contributed by atoms with Crippen molar-refractivity contribution in [2.45, 2.75) is 117 Å². The van der Waals surface area contributed by atoms with Crippen LogP contribution in [0.3, 0.4) is 0 Å². The molecule has 6 rings (SSSR count). The second-order valence-corrected chi connectivity index (χ2v) is 20.9. The minimum atomic E-state index is -1.04. The van der Waals surface area contributed by atoms with Crippen LogP contribution in [-0.4, -0.2) is 134 Å². The number of aromatic nitrogens is 3. The first-order chi connectivity index (χ1) is 39.2. The van der Waals surface area contributed by atoms with Crippen LogP contribution in [0, 0.1) is 11.3 Å². The van der Waals surface area contributed by atoms with Gasteiger partial charge in [-0.3, -0.25) is 14.4 Å². The topological polar surface area (TPSA) is 314 Å². The Labute approximate surface area is 473 Å². The fourth-order valence-corrected chi connectivity index (χ4v) is 9.39. The maximum Gasteiger partial charge on any atom is 0.410 e. The first-order valence-electron chi connectivity index (χ1n) is 28.0. The van der Waals surface area contributed by atoms with E-state index in [0.717, 1.165) is 77.4 Å². The van der Waals surface area contributed by atoms with E-state index in [1.165, 1.54) is 0 Å². The van der Waals surface area contributed by atoms with Crippen LogP contribution in [-0.2, 0) is 64.2 Å². The van der Waals surface area contributed by atoms with Crippen molar-refractivity contribution in [3.05, 3.63) is 106 Å². The third-order valence-corrected chi connectivity index (χ3v) is 14.0. The first-order valence-corrected chi connectivity index (χ1v) is 28.0. The fraction of sp³-hybridized carbons (Fsp3) is 0.534. The molecule has 0 unspecified atom stereocenters. The van der Waals surface area contributed by atoms with E-state index in [1.807, 2.05) is 18.2 Å². The Morgan fingerprint density at radius 1 is 0.827 bits per heavy atom. The quantitative estimate of drug-likeness (QED) is 0.00972. The number of nitrogens with zero attached hydrogens (tertiary/aromatic N) is 7. The van der Waals surface area contributed by atoms with Crippen LogP contribution in [0.2, 0.25) is 0 Å². The molecule has 0 radical (unpaired) electrons. The number of nitrogens with two attached hydrogens (primary N) is 2. The predicted octanol–water partition coefficient (Wildman–Crippen LogP) is 7.67. The van der Waals surface area contributed by atoms with Gasteiger partial charge in [0.2, 0.25) is 17.7 Å². The molecule has 0 bridgehead atoms. The Bertz CT molecular complexity index is 2870. The number of amides is 6. The molecule has 1 saturated carbocycles. The molecule has 438 valence electrons. The van der Waals surface area contributed by atoms with Crippen LogP contribution in [0.4, 0.5) is 21.1 Å². The van der Waals surface area contributed by atoms with Gasteiger partial charge in [0, 0.05) is 61.6 Å². The van der Waals surface area contributed by atoms with Crippen LogP contribution in [0.1, 0.15) is 102 Å². The summed E-state index contributed by atoms with van der Waals surface area (Å²) in [6.45, 7) is 12.3. The molecule has 1 fully saturated rings. The van der Waals surface area contributed by atoms with Crippen molar-refractivity contribution in [1.82, 2.24) is 35.4 Å². The summed E-state index contributed by atoms with van der Waals surface area (Å²) in [5.41, 5.74) is 25.7. The molecule has 2 atom stereocenters. The average molecular weight is 1120 g/mol. The molecule has 1 aliphatic carbocycles. The number of azide groups is 1. The van der Waals surface area contributed by atoms with Gasteiger partial charge >= 0.3 is 12.1 Å². The van der Waals surface area contributed by atoms with E-state index in [1.54, 1.807) is 43.0 Å². The normalized spacial score (nSPS) is 13.4. The SMILES string of the molecule is CCCCc1nc2c(N)nc3ccccc3c2n1Cc1ccc(CN(CC2(C)CCC2)C(=O)OCc2ccc(NC(=O)[C@H](CCCNC(N)=O)NC(=O)[C@@H](NC(=O)CCOCCOCCOCCOCCN=[N+]=[N-])C(C)C)cc2)cc1. The third kappa shape index (κ3) is 20.2. The van der Waals surface area contributed by atoms with Gasteiger partial charge in [0.05, 0.1) is 63.9 Å². The summed E-state index contributed by atoms with van der Waals surface area (Å²) in [6, 6.07) is 20.5. The molecule has 6 amide bonds. The van der Waals surface area contributed by atoms with Crippen molar-refractivity contribution in [1.29, 1.82) is 0 Å². The highest BCUT2D eigenvalue weighted by molar-refractivity contribution is 6.06. The maximum atomic E-state index is 13.9.